The van der Waals surface area contributed by atoms with Crippen molar-refractivity contribution in [3.8, 4) is 5.75 Å². The van der Waals surface area contributed by atoms with Gasteiger partial charge in [0.2, 0.25) is 16.9 Å². The van der Waals surface area contributed by atoms with Crippen molar-refractivity contribution in [1.29, 1.82) is 0 Å². The average molecular weight is 539 g/mol. The molecule has 0 radical (unpaired) electrons. The second-order valence-corrected chi connectivity index (χ2v) is 10.8. The monoisotopic (exact) mass is 538 g/mol. The lowest BCUT2D eigenvalue weighted by atomic mass is 9.94. The fourth-order valence-corrected chi connectivity index (χ4v) is 7.25. The lowest BCUT2D eigenvalue weighted by molar-refractivity contribution is -0.604. The lowest BCUT2D eigenvalue weighted by Gasteiger charge is -2.30. The molecule has 2 N–H and O–H groups in total. The number of nitrogens with one attached hydrogen (secondary N) is 1. The van der Waals surface area contributed by atoms with E-state index in [4.69, 9.17) is 9.47 Å². The summed E-state index contributed by atoms with van der Waals surface area (Å²) >= 11 is 1.47. The number of aliphatic hydroxyl groups excluding tert-OH is 1. The first-order chi connectivity index (χ1) is 18.3. The second kappa shape index (κ2) is 8.15. The first-order valence-corrected chi connectivity index (χ1v) is 13.2. The molecule has 38 heavy (non-hydrogen) atoms. The highest BCUT2D eigenvalue weighted by molar-refractivity contribution is 7.98. The van der Waals surface area contributed by atoms with Crippen molar-refractivity contribution in [2.75, 3.05) is 18.6 Å². The predicted molar refractivity (Wildman–Crippen MR) is 134 cm³/mol. The van der Waals surface area contributed by atoms with Gasteiger partial charge >= 0.3 is 11.9 Å². The van der Waals surface area contributed by atoms with Gasteiger partial charge in [0.05, 0.1) is 0 Å². The summed E-state index contributed by atoms with van der Waals surface area (Å²) in [6.07, 6.45) is 1.58. The maximum Gasteiger partial charge on any atom is 0.392 e. The van der Waals surface area contributed by atoms with Crippen molar-refractivity contribution in [2.45, 2.75) is 41.7 Å². The molecule has 0 amide bonds. The number of fused-ring (bicyclic) bond motifs is 3. The van der Waals surface area contributed by atoms with Crippen molar-refractivity contribution in [1.82, 2.24) is 4.68 Å². The number of carbonyl (C=O) groups is 1. The Balaban J connectivity index is 1.36. The molecule has 0 bridgehead atoms. The summed E-state index contributed by atoms with van der Waals surface area (Å²) in [5.74, 6) is -2.67. The van der Waals surface area contributed by atoms with Crippen molar-refractivity contribution in [2.24, 2.45) is 0 Å². The van der Waals surface area contributed by atoms with Crippen LogP contribution in [0.5, 0.6) is 5.75 Å². The topological polar surface area (TPSA) is 92.8 Å². The zero-order valence-corrected chi connectivity index (χ0v) is 21.0. The number of hydrogen-bond donors (Lipinski definition) is 2. The first kappa shape index (κ1) is 23.4. The number of benzene rings is 2. The third kappa shape index (κ3) is 3.15. The van der Waals surface area contributed by atoms with Crippen molar-refractivity contribution >= 4 is 23.6 Å². The molecule has 2 aromatic carbocycles. The smallest absolute Gasteiger partial charge is 0.392 e. The quantitative estimate of drug-likeness (QED) is 0.383. The molecule has 2 fully saturated rings. The molecule has 11 heteroatoms. The summed E-state index contributed by atoms with van der Waals surface area (Å²) in [6, 6.07) is 10.0. The summed E-state index contributed by atoms with van der Waals surface area (Å²) in [4.78, 5) is 25.2. The summed E-state index contributed by atoms with van der Waals surface area (Å²) < 4.78 is 43.2. The number of hydrogen-bond acceptors (Lipinski definition) is 6. The maximum atomic E-state index is 14.6. The van der Waals surface area contributed by atoms with Gasteiger partial charge in [-0.2, -0.15) is 4.58 Å². The summed E-state index contributed by atoms with van der Waals surface area (Å²) in [5, 5.41) is 11.4. The summed E-state index contributed by atoms with van der Waals surface area (Å²) in [6.45, 7) is 1.87. The van der Waals surface area contributed by atoms with Gasteiger partial charge in [-0.3, -0.25) is 15.0 Å². The van der Waals surface area contributed by atoms with Crippen LogP contribution in [-0.4, -0.2) is 51.1 Å². The van der Waals surface area contributed by atoms with E-state index in [-0.39, 0.29) is 29.4 Å². The maximum absolute atomic E-state index is 14.6. The van der Waals surface area contributed by atoms with E-state index < -0.39 is 28.7 Å². The van der Waals surface area contributed by atoms with Gasteiger partial charge in [0, 0.05) is 35.4 Å². The van der Waals surface area contributed by atoms with Crippen LogP contribution in [0.15, 0.2) is 52.3 Å². The number of ether oxygens (including phenoxy) is 2. The second-order valence-electron chi connectivity index (χ2n) is 9.79. The van der Waals surface area contributed by atoms with Crippen LogP contribution >= 0.6 is 11.8 Å². The molecular weight excluding hydrogens is 516 g/mol. The molecule has 3 atom stereocenters. The van der Waals surface area contributed by atoms with Crippen LogP contribution < -0.4 is 15.6 Å². The molecule has 4 heterocycles. The molecule has 2 unspecified atom stereocenters. The Morgan fingerprint density at radius 3 is 2.92 bits per heavy atom. The van der Waals surface area contributed by atoms with Gasteiger partial charge < -0.3 is 14.6 Å². The van der Waals surface area contributed by atoms with E-state index in [1.807, 2.05) is 18.2 Å². The molecule has 3 aromatic rings. The minimum atomic E-state index is -0.860. The van der Waals surface area contributed by atoms with Crippen LogP contribution in [0, 0.1) is 11.6 Å². The van der Waals surface area contributed by atoms with Crippen LogP contribution in [0.4, 0.5) is 8.78 Å². The normalized spacial score (nSPS) is 24.6. The van der Waals surface area contributed by atoms with E-state index in [1.165, 1.54) is 41.7 Å². The largest absolute Gasteiger partial charge is 0.458 e. The Morgan fingerprint density at radius 1 is 1.26 bits per heavy atom. The number of carbonyl (C=O) groups excluding carboxylic acids is 1. The fourth-order valence-electron chi connectivity index (χ4n) is 6.10. The number of rotatable bonds is 2. The van der Waals surface area contributed by atoms with Crippen molar-refractivity contribution < 1.29 is 32.7 Å². The van der Waals surface area contributed by atoms with E-state index in [0.717, 1.165) is 21.6 Å². The first-order valence-electron chi connectivity index (χ1n) is 12.2. The zero-order chi connectivity index (χ0) is 26.3. The standard InChI is InChI=1S/C27H21F2N3O5S/c1-13(33)37-24-19(34)7-8-32-23(24)26(35)31-9-10-36-25-21(27(25,31)30-32)15-3-2-4-20-16(15)11-14-5-6-18(28)22(29)17(14)12-38-20/h2-8,21,25,30H,9-12H2,1H3/p+1/t21?,25-,27?/m0/s1. The molecular formula is C27H22F2N3O5S+. The van der Waals surface area contributed by atoms with E-state index >= 15 is 0 Å². The number of aliphatic hydroxyl groups is 1. The fraction of sp³-hybridized carbons (Fsp3) is 0.296. The predicted octanol–water partition coefficient (Wildman–Crippen LogP) is 3.02. The van der Waals surface area contributed by atoms with Crippen LogP contribution in [0.25, 0.3) is 0 Å². The molecule has 3 aliphatic heterocycles. The summed E-state index contributed by atoms with van der Waals surface area (Å²) in [7, 11) is 0. The number of morpholine rings is 1. The van der Waals surface area contributed by atoms with Gasteiger partial charge in [0.1, 0.15) is 12.5 Å². The molecule has 1 aromatic heterocycles. The molecule has 4 aliphatic rings. The number of aromatic nitrogens is 1. The van der Waals surface area contributed by atoms with Crippen LogP contribution in [0.3, 0.4) is 0 Å². The van der Waals surface area contributed by atoms with Crippen molar-refractivity contribution in [3.63, 3.8) is 0 Å². The van der Waals surface area contributed by atoms with E-state index in [2.05, 4.69) is 5.43 Å². The molecule has 7 rings (SSSR count). The van der Waals surface area contributed by atoms with Gasteiger partial charge in [0.15, 0.2) is 24.3 Å². The SMILES string of the molecule is CC(=O)Oc1c2n(ccc1=O)NC13C(c4cccc5c4Cc4ccc(F)c(F)c4CS5)[C@@H]1OCC[N+]3=C2O. The zero-order valence-electron chi connectivity index (χ0n) is 20.2. The molecule has 1 aliphatic carbocycles. The number of nitrogens with zero attached hydrogens (tertiary/aromatic N) is 2. The number of esters is 1. The highest BCUT2D eigenvalue weighted by Crippen LogP contribution is 2.59. The molecule has 1 saturated heterocycles. The van der Waals surface area contributed by atoms with Crippen LogP contribution in [-0.2, 0) is 21.7 Å². The summed E-state index contributed by atoms with van der Waals surface area (Å²) in [5.41, 5.74) is 5.20. The third-order valence-corrected chi connectivity index (χ3v) is 8.89. The van der Waals surface area contributed by atoms with Crippen LogP contribution in [0.1, 0.15) is 40.8 Å². The van der Waals surface area contributed by atoms with E-state index in [9.17, 15) is 23.5 Å². The van der Waals surface area contributed by atoms with Gasteiger partial charge in [0.25, 0.3) is 5.66 Å². The minimum Gasteiger partial charge on any atom is -0.458 e. The highest BCUT2D eigenvalue weighted by Gasteiger charge is 2.80. The van der Waals surface area contributed by atoms with E-state index in [1.54, 1.807) is 10.6 Å². The lowest BCUT2D eigenvalue weighted by Crippen LogP contribution is -2.56. The number of halogens is 2. The third-order valence-electron chi connectivity index (χ3n) is 7.76. The molecule has 194 valence electrons. The van der Waals surface area contributed by atoms with Gasteiger partial charge in [-0.15, -0.1) is 11.8 Å². The minimum absolute atomic E-state index is 0.0681. The molecule has 1 spiro atoms. The Kier molecular flexibility index (Phi) is 5.02. The van der Waals surface area contributed by atoms with Gasteiger partial charge in [-0.25, -0.2) is 13.5 Å². The Bertz CT molecular complexity index is 1650. The molecule has 8 nitrogen and oxygen atoms in total. The number of thioether (sulfide) groups is 1. The van der Waals surface area contributed by atoms with Gasteiger partial charge in [-0.05, 0) is 35.2 Å². The average Bonchev–Trinajstić information content (AvgIpc) is 3.59. The highest BCUT2D eigenvalue weighted by atomic mass is 32.2. The van der Waals surface area contributed by atoms with Gasteiger partial charge in [-0.1, -0.05) is 18.2 Å². The Hall–Kier alpha value is -3.70. The van der Waals surface area contributed by atoms with E-state index in [0.29, 0.717) is 30.9 Å². The Labute approximate surface area is 219 Å². The molecule has 1 saturated carbocycles. The number of pyridine rings is 1. The van der Waals surface area contributed by atoms with Crippen molar-refractivity contribution in [3.05, 3.63) is 92.4 Å². The Morgan fingerprint density at radius 2 is 2.11 bits per heavy atom. The van der Waals surface area contributed by atoms with Crippen LogP contribution in [0.2, 0.25) is 0 Å².